The zero-order valence-electron chi connectivity index (χ0n) is 11.4. The van der Waals surface area contributed by atoms with E-state index in [0.717, 1.165) is 19.5 Å². The van der Waals surface area contributed by atoms with Crippen LogP contribution in [-0.2, 0) is 14.3 Å². The van der Waals surface area contributed by atoms with Gasteiger partial charge in [-0.1, -0.05) is 0 Å². The molecular weight excluding hydrogens is 234 g/mol. The Morgan fingerprint density at radius 2 is 2.28 bits per heavy atom. The lowest BCUT2D eigenvalue weighted by Crippen LogP contribution is -2.39. The summed E-state index contributed by atoms with van der Waals surface area (Å²) in [5.74, 6) is -1.11. The zero-order valence-corrected chi connectivity index (χ0v) is 11.4. The fourth-order valence-electron chi connectivity index (χ4n) is 2.85. The monoisotopic (exact) mass is 257 g/mol. The molecule has 0 radical (unpaired) electrons. The first-order chi connectivity index (χ1) is 8.40. The van der Waals surface area contributed by atoms with Gasteiger partial charge in [0.1, 0.15) is 0 Å². The minimum Gasteiger partial charge on any atom is -0.481 e. The molecule has 0 aliphatic carbocycles. The van der Waals surface area contributed by atoms with E-state index in [1.165, 1.54) is 0 Å². The minimum absolute atomic E-state index is 0.0240. The molecule has 0 spiro atoms. The zero-order chi connectivity index (χ0) is 13.3. The van der Waals surface area contributed by atoms with E-state index in [4.69, 9.17) is 14.6 Å². The van der Waals surface area contributed by atoms with Crippen LogP contribution in [0, 0.1) is 5.92 Å². The molecule has 0 saturated carbocycles. The number of carboxylic acid groups (broad SMARTS) is 1. The number of carboxylic acids is 1. The SMILES string of the molecule is CC(C)N1CCC(C2(C)OCC(CC(=O)O)O2)C1. The summed E-state index contributed by atoms with van der Waals surface area (Å²) in [5.41, 5.74) is 0. The van der Waals surface area contributed by atoms with E-state index < -0.39 is 11.8 Å². The second-order valence-corrected chi connectivity index (χ2v) is 5.74. The highest BCUT2D eigenvalue weighted by Gasteiger charge is 2.46. The van der Waals surface area contributed by atoms with Crippen molar-refractivity contribution in [2.45, 2.75) is 51.5 Å². The highest BCUT2D eigenvalue weighted by Crippen LogP contribution is 2.37. The van der Waals surface area contributed by atoms with Crippen molar-refractivity contribution in [2.24, 2.45) is 5.92 Å². The van der Waals surface area contributed by atoms with Crippen LogP contribution in [0.4, 0.5) is 0 Å². The second-order valence-electron chi connectivity index (χ2n) is 5.74. The van der Waals surface area contributed by atoms with Crippen LogP contribution in [0.1, 0.15) is 33.6 Å². The molecule has 18 heavy (non-hydrogen) atoms. The summed E-state index contributed by atoms with van der Waals surface area (Å²) >= 11 is 0. The van der Waals surface area contributed by atoms with Crippen LogP contribution in [0.3, 0.4) is 0 Å². The molecule has 0 aromatic carbocycles. The van der Waals surface area contributed by atoms with E-state index in [1.807, 2.05) is 6.92 Å². The lowest BCUT2D eigenvalue weighted by atomic mass is 9.99. The van der Waals surface area contributed by atoms with Crippen LogP contribution in [0.15, 0.2) is 0 Å². The summed E-state index contributed by atoms with van der Waals surface area (Å²) in [6.07, 6.45) is 0.769. The highest BCUT2D eigenvalue weighted by molar-refractivity contribution is 5.67. The smallest absolute Gasteiger partial charge is 0.306 e. The van der Waals surface area contributed by atoms with Gasteiger partial charge in [-0.2, -0.15) is 0 Å². The molecule has 2 fully saturated rings. The number of aliphatic carboxylic acids is 1. The Balaban J connectivity index is 1.91. The average molecular weight is 257 g/mol. The van der Waals surface area contributed by atoms with Crippen LogP contribution in [0.2, 0.25) is 0 Å². The van der Waals surface area contributed by atoms with Gasteiger partial charge in [-0.25, -0.2) is 0 Å². The van der Waals surface area contributed by atoms with Crippen molar-refractivity contribution >= 4 is 5.97 Å². The third-order valence-corrected chi connectivity index (χ3v) is 4.05. The maximum atomic E-state index is 10.7. The molecule has 2 heterocycles. The number of hydrogen-bond donors (Lipinski definition) is 1. The number of carbonyl (C=O) groups is 1. The van der Waals surface area contributed by atoms with E-state index in [0.29, 0.717) is 18.6 Å². The van der Waals surface area contributed by atoms with Crippen LogP contribution < -0.4 is 0 Å². The normalized spacial score (nSPS) is 37.6. The van der Waals surface area contributed by atoms with Gasteiger partial charge >= 0.3 is 5.97 Å². The Labute approximate surface area is 108 Å². The van der Waals surface area contributed by atoms with Crippen molar-refractivity contribution in [2.75, 3.05) is 19.7 Å². The highest BCUT2D eigenvalue weighted by atomic mass is 16.7. The first-order valence-corrected chi connectivity index (χ1v) is 6.68. The van der Waals surface area contributed by atoms with E-state index in [2.05, 4.69) is 18.7 Å². The number of ether oxygens (including phenoxy) is 2. The Morgan fingerprint density at radius 3 is 2.83 bits per heavy atom. The predicted molar refractivity (Wildman–Crippen MR) is 66.3 cm³/mol. The Hall–Kier alpha value is -0.650. The summed E-state index contributed by atoms with van der Waals surface area (Å²) in [7, 11) is 0. The van der Waals surface area contributed by atoms with Gasteiger partial charge in [0.05, 0.1) is 19.1 Å². The standard InChI is InChI=1S/C13H23NO4/c1-9(2)14-5-4-10(7-14)13(3)17-8-11(18-13)6-12(15)16/h9-11H,4-8H2,1-3H3,(H,15,16). The maximum absolute atomic E-state index is 10.7. The fourth-order valence-corrected chi connectivity index (χ4v) is 2.85. The van der Waals surface area contributed by atoms with Crippen LogP contribution in [0.25, 0.3) is 0 Å². The summed E-state index contributed by atoms with van der Waals surface area (Å²) in [6, 6.07) is 0.537. The predicted octanol–water partition coefficient (Wildman–Crippen LogP) is 1.32. The quantitative estimate of drug-likeness (QED) is 0.823. The lowest BCUT2D eigenvalue weighted by Gasteiger charge is -2.30. The minimum atomic E-state index is -0.830. The van der Waals surface area contributed by atoms with Crippen LogP contribution in [0.5, 0.6) is 0 Å². The molecule has 2 rings (SSSR count). The summed E-state index contributed by atoms with van der Waals surface area (Å²) in [5, 5.41) is 8.78. The lowest BCUT2D eigenvalue weighted by molar-refractivity contribution is -0.190. The van der Waals surface area contributed by atoms with Crippen molar-refractivity contribution in [3.8, 4) is 0 Å². The maximum Gasteiger partial charge on any atom is 0.306 e. The molecule has 0 aromatic heterocycles. The average Bonchev–Trinajstić information content (AvgIpc) is 2.85. The molecule has 3 unspecified atom stereocenters. The van der Waals surface area contributed by atoms with E-state index in [1.54, 1.807) is 0 Å². The van der Waals surface area contributed by atoms with E-state index in [9.17, 15) is 4.79 Å². The van der Waals surface area contributed by atoms with Crippen LogP contribution >= 0.6 is 0 Å². The molecule has 0 aromatic rings. The number of rotatable bonds is 4. The van der Waals surface area contributed by atoms with Gasteiger partial charge < -0.3 is 19.5 Å². The third kappa shape index (κ3) is 2.84. The van der Waals surface area contributed by atoms with E-state index >= 15 is 0 Å². The second kappa shape index (κ2) is 5.15. The van der Waals surface area contributed by atoms with Gasteiger partial charge in [0.25, 0.3) is 0 Å². The van der Waals surface area contributed by atoms with Gasteiger partial charge in [-0.05, 0) is 33.7 Å². The Bertz CT molecular complexity index is 320. The first kappa shape index (κ1) is 13.8. The molecule has 2 aliphatic rings. The summed E-state index contributed by atoms with van der Waals surface area (Å²) < 4.78 is 11.6. The van der Waals surface area contributed by atoms with Gasteiger partial charge in [0.2, 0.25) is 0 Å². The fraction of sp³-hybridized carbons (Fsp3) is 0.923. The van der Waals surface area contributed by atoms with Gasteiger partial charge in [0.15, 0.2) is 5.79 Å². The first-order valence-electron chi connectivity index (χ1n) is 6.68. The molecule has 3 atom stereocenters. The number of likely N-dealkylation sites (tertiary alicyclic amines) is 1. The number of hydrogen-bond acceptors (Lipinski definition) is 4. The summed E-state index contributed by atoms with van der Waals surface area (Å²) in [4.78, 5) is 13.1. The largest absolute Gasteiger partial charge is 0.481 e. The third-order valence-electron chi connectivity index (χ3n) is 4.05. The van der Waals surface area contributed by atoms with Gasteiger partial charge in [-0.15, -0.1) is 0 Å². The molecule has 0 bridgehead atoms. The topological polar surface area (TPSA) is 59.0 Å². The summed E-state index contributed by atoms with van der Waals surface area (Å²) in [6.45, 7) is 8.75. The number of nitrogens with zero attached hydrogens (tertiary/aromatic N) is 1. The van der Waals surface area contributed by atoms with Crippen molar-refractivity contribution in [3.05, 3.63) is 0 Å². The Morgan fingerprint density at radius 1 is 1.56 bits per heavy atom. The molecule has 104 valence electrons. The molecule has 2 saturated heterocycles. The van der Waals surface area contributed by atoms with Gasteiger partial charge in [0, 0.05) is 18.5 Å². The molecule has 0 amide bonds. The molecule has 5 heteroatoms. The van der Waals surface area contributed by atoms with Gasteiger partial charge in [-0.3, -0.25) is 4.79 Å². The van der Waals surface area contributed by atoms with Crippen molar-refractivity contribution in [3.63, 3.8) is 0 Å². The van der Waals surface area contributed by atoms with Crippen molar-refractivity contribution < 1.29 is 19.4 Å². The Kier molecular flexibility index (Phi) is 3.94. The van der Waals surface area contributed by atoms with E-state index in [-0.39, 0.29) is 12.5 Å². The molecule has 2 aliphatic heterocycles. The molecular formula is C13H23NO4. The molecule has 5 nitrogen and oxygen atoms in total. The molecule has 1 N–H and O–H groups in total. The van der Waals surface area contributed by atoms with Crippen molar-refractivity contribution in [1.82, 2.24) is 4.90 Å². The van der Waals surface area contributed by atoms with Crippen LogP contribution in [-0.4, -0.2) is 53.6 Å². The van der Waals surface area contributed by atoms with Crippen molar-refractivity contribution in [1.29, 1.82) is 0 Å².